The molecule has 2 aromatic carbocycles. The predicted molar refractivity (Wildman–Crippen MR) is 140 cm³/mol. The van der Waals surface area contributed by atoms with Gasteiger partial charge in [0.05, 0.1) is 6.04 Å². The maximum absolute atomic E-state index is 13.4. The van der Waals surface area contributed by atoms with Crippen LogP contribution in [0.4, 0.5) is 4.79 Å². The third kappa shape index (κ3) is 5.37. The molecular formula is C29H33N3O3. The second-order valence-corrected chi connectivity index (χ2v) is 9.96. The number of hydrogen-bond donors (Lipinski definition) is 1. The van der Waals surface area contributed by atoms with Crippen molar-refractivity contribution >= 4 is 12.3 Å². The van der Waals surface area contributed by atoms with Crippen molar-refractivity contribution in [2.45, 2.75) is 45.3 Å². The number of nitrogens with one attached hydrogen (secondary N) is 1. The van der Waals surface area contributed by atoms with E-state index in [1.807, 2.05) is 67.7 Å². The Bertz CT molecular complexity index is 1230. The lowest BCUT2D eigenvalue weighted by molar-refractivity contribution is -0.0756. The molecule has 0 saturated carbocycles. The highest BCUT2D eigenvalue weighted by molar-refractivity contribution is 5.71. The van der Waals surface area contributed by atoms with Crippen molar-refractivity contribution in [2.75, 3.05) is 13.6 Å². The number of ether oxygens (including phenoxy) is 1. The fourth-order valence-corrected chi connectivity index (χ4v) is 5.05. The molecule has 2 unspecified atom stereocenters. The topological polar surface area (TPSA) is 74.8 Å². The van der Waals surface area contributed by atoms with Gasteiger partial charge in [-0.25, -0.2) is 4.79 Å². The van der Waals surface area contributed by atoms with E-state index in [1.54, 1.807) is 24.2 Å². The zero-order chi connectivity index (χ0) is 25.1. The first-order chi connectivity index (χ1) is 16.7. The number of H-pyrrole nitrogens is 1. The maximum atomic E-state index is 13.4. The lowest BCUT2D eigenvalue weighted by Gasteiger charge is -2.46. The van der Waals surface area contributed by atoms with Gasteiger partial charge < -0.3 is 19.6 Å². The number of nitrogens with zero attached hydrogens (tertiary/aromatic N) is 2. The number of rotatable bonds is 7. The molecule has 1 N–H and O–H groups in total. The summed E-state index contributed by atoms with van der Waals surface area (Å²) in [5.74, 6) is 0. The van der Waals surface area contributed by atoms with Gasteiger partial charge in [-0.05, 0) is 35.2 Å². The smallest absolute Gasteiger partial charge is 0.411 e. The van der Waals surface area contributed by atoms with E-state index in [1.165, 1.54) is 6.07 Å². The van der Waals surface area contributed by atoms with E-state index in [-0.39, 0.29) is 23.1 Å². The SMILES string of the molecule is CN=CC(C)(C)CC1(c2ccccc2)CCN(C(C)c2ccc(-c3ccc(=O)[nH]c3)cc2)C(=O)O1. The molecule has 182 valence electrons. The number of pyridine rings is 1. The summed E-state index contributed by atoms with van der Waals surface area (Å²) in [6.45, 7) is 6.87. The van der Waals surface area contributed by atoms with Gasteiger partial charge in [-0.3, -0.25) is 4.79 Å². The number of aromatic amines is 1. The fraction of sp³-hybridized carbons (Fsp3) is 0.345. The van der Waals surface area contributed by atoms with E-state index < -0.39 is 5.60 Å². The molecule has 2 atom stereocenters. The normalized spacial score (nSPS) is 19.5. The van der Waals surface area contributed by atoms with Crippen molar-refractivity contribution in [3.63, 3.8) is 0 Å². The summed E-state index contributed by atoms with van der Waals surface area (Å²) in [5, 5.41) is 0. The Morgan fingerprint density at radius 3 is 2.34 bits per heavy atom. The summed E-state index contributed by atoms with van der Waals surface area (Å²) in [5.41, 5.74) is 2.93. The van der Waals surface area contributed by atoms with Crippen molar-refractivity contribution in [3.05, 3.63) is 94.4 Å². The van der Waals surface area contributed by atoms with Crippen molar-refractivity contribution in [3.8, 4) is 11.1 Å². The number of aromatic nitrogens is 1. The van der Waals surface area contributed by atoms with Crippen LogP contribution >= 0.6 is 0 Å². The molecule has 0 spiro atoms. The molecule has 35 heavy (non-hydrogen) atoms. The third-order valence-corrected chi connectivity index (χ3v) is 6.77. The van der Waals surface area contributed by atoms with Crippen LogP contribution < -0.4 is 5.56 Å². The lowest BCUT2D eigenvalue weighted by atomic mass is 9.75. The predicted octanol–water partition coefficient (Wildman–Crippen LogP) is 5.96. The van der Waals surface area contributed by atoms with E-state index in [4.69, 9.17) is 4.74 Å². The highest BCUT2D eigenvalue weighted by Crippen LogP contribution is 2.44. The Hall–Kier alpha value is -3.67. The van der Waals surface area contributed by atoms with Crippen LogP contribution in [0, 0.1) is 5.41 Å². The molecule has 4 rings (SSSR count). The summed E-state index contributed by atoms with van der Waals surface area (Å²) in [4.78, 5) is 33.5. The second-order valence-electron chi connectivity index (χ2n) is 9.96. The number of hydrogen-bond acceptors (Lipinski definition) is 4. The number of carbonyl (C=O) groups excluding carboxylic acids is 1. The van der Waals surface area contributed by atoms with Gasteiger partial charge in [0.1, 0.15) is 5.60 Å². The van der Waals surface area contributed by atoms with Gasteiger partial charge in [0.2, 0.25) is 5.56 Å². The van der Waals surface area contributed by atoms with E-state index in [0.717, 1.165) is 22.3 Å². The quantitative estimate of drug-likeness (QED) is 0.432. The van der Waals surface area contributed by atoms with E-state index in [2.05, 4.69) is 23.8 Å². The second kappa shape index (κ2) is 9.90. The largest absolute Gasteiger partial charge is 0.438 e. The van der Waals surface area contributed by atoms with Crippen molar-refractivity contribution in [2.24, 2.45) is 10.4 Å². The third-order valence-electron chi connectivity index (χ3n) is 6.77. The molecule has 6 heteroatoms. The molecule has 0 aliphatic carbocycles. The average Bonchev–Trinajstić information content (AvgIpc) is 2.84. The summed E-state index contributed by atoms with van der Waals surface area (Å²) < 4.78 is 6.29. The minimum atomic E-state index is -0.701. The molecule has 0 radical (unpaired) electrons. The highest BCUT2D eigenvalue weighted by atomic mass is 16.6. The molecule has 1 amide bonds. The molecule has 3 aromatic rings. The molecular weight excluding hydrogens is 438 g/mol. The van der Waals surface area contributed by atoms with Gasteiger partial charge in [0.25, 0.3) is 0 Å². The lowest BCUT2D eigenvalue weighted by Crippen LogP contribution is -2.50. The van der Waals surface area contributed by atoms with E-state index in [9.17, 15) is 9.59 Å². The summed E-state index contributed by atoms with van der Waals surface area (Å²) in [6, 6.07) is 21.3. The Morgan fingerprint density at radius 1 is 1.06 bits per heavy atom. The summed E-state index contributed by atoms with van der Waals surface area (Å²) >= 11 is 0. The minimum absolute atomic E-state index is 0.125. The Morgan fingerprint density at radius 2 is 1.74 bits per heavy atom. The van der Waals surface area contributed by atoms with Crippen molar-refractivity contribution in [1.82, 2.24) is 9.88 Å². The Labute approximate surface area is 206 Å². The molecule has 2 heterocycles. The van der Waals surface area contributed by atoms with Crippen LogP contribution in [0.15, 0.2) is 82.7 Å². The number of cyclic esters (lactones) is 1. The van der Waals surface area contributed by atoms with Gasteiger partial charge in [-0.15, -0.1) is 0 Å². The van der Waals surface area contributed by atoms with Crippen LogP contribution in [-0.2, 0) is 10.3 Å². The number of aliphatic imine (C=N–C) groups is 1. The number of amides is 1. The highest BCUT2D eigenvalue weighted by Gasteiger charge is 2.46. The van der Waals surface area contributed by atoms with Crippen LogP contribution in [-0.4, -0.2) is 35.8 Å². The van der Waals surface area contributed by atoms with Crippen LogP contribution in [0.25, 0.3) is 11.1 Å². The van der Waals surface area contributed by atoms with Gasteiger partial charge in [0, 0.05) is 50.3 Å². The molecule has 1 fully saturated rings. The first-order valence-corrected chi connectivity index (χ1v) is 12.0. The fourth-order valence-electron chi connectivity index (χ4n) is 5.05. The molecule has 6 nitrogen and oxygen atoms in total. The monoisotopic (exact) mass is 471 g/mol. The number of benzene rings is 2. The first kappa shape index (κ1) is 24.5. The van der Waals surface area contributed by atoms with Gasteiger partial charge in [0.15, 0.2) is 0 Å². The Balaban J connectivity index is 1.55. The average molecular weight is 472 g/mol. The Kier molecular flexibility index (Phi) is 6.92. The molecule has 1 saturated heterocycles. The maximum Gasteiger partial charge on any atom is 0.411 e. The summed E-state index contributed by atoms with van der Waals surface area (Å²) in [7, 11) is 1.77. The van der Waals surface area contributed by atoms with Crippen LogP contribution in [0.5, 0.6) is 0 Å². The molecule has 1 aliphatic rings. The van der Waals surface area contributed by atoms with Crippen molar-refractivity contribution in [1.29, 1.82) is 0 Å². The van der Waals surface area contributed by atoms with Crippen LogP contribution in [0.1, 0.15) is 50.8 Å². The molecule has 1 aliphatic heterocycles. The summed E-state index contributed by atoms with van der Waals surface area (Å²) in [6.07, 6.45) is 4.69. The molecule has 1 aromatic heterocycles. The minimum Gasteiger partial charge on any atom is -0.438 e. The van der Waals surface area contributed by atoms with Crippen LogP contribution in [0.2, 0.25) is 0 Å². The standard InChI is InChI=1S/C29H33N3O3/c1-21(22-10-12-23(13-11-22)24-14-15-26(33)31-18-24)32-17-16-29(35-27(32)34,19-28(2,3)20-30-4)25-8-6-5-7-9-25/h5-15,18,20-21H,16-17,19H2,1-4H3,(H,31,33). The number of carbonyl (C=O) groups is 1. The van der Waals surface area contributed by atoms with Crippen LogP contribution in [0.3, 0.4) is 0 Å². The zero-order valence-corrected chi connectivity index (χ0v) is 20.8. The van der Waals surface area contributed by atoms with Crippen molar-refractivity contribution < 1.29 is 9.53 Å². The zero-order valence-electron chi connectivity index (χ0n) is 20.8. The first-order valence-electron chi connectivity index (χ1n) is 12.0. The van der Waals surface area contributed by atoms with Gasteiger partial charge >= 0.3 is 6.09 Å². The van der Waals surface area contributed by atoms with E-state index in [0.29, 0.717) is 19.4 Å². The van der Waals surface area contributed by atoms with Gasteiger partial charge in [-0.1, -0.05) is 68.4 Å². The van der Waals surface area contributed by atoms with E-state index >= 15 is 0 Å². The molecule has 0 bridgehead atoms. The van der Waals surface area contributed by atoms with Gasteiger partial charge in [-0.2, -0.15) is 0 Å².